The molecule has 2 aromatic heterocycles. The average Bonchev–Trinajstić information content (AvgIpc) is 3.12. The summed E-state index contributed by atoms with van der Waals surface area (Å²) in [5.74, 6) is 1.84. The summed E-state index contributed by atoms with van der Waals surface area (Å²) >= 11 is 0. The van der Waals surface area contributed by atoms with Gasteiger partial charge >= 0.3 is 0 Å². The first-order valence-electron chi connectivity index (χ1n) is 9.60. The molecule has 0 saturated carbocycles. The van der Waals surface area contributed by atoms with Gasteiger partial charge in [0.25, 0.3) is 5.91 Å². The quantitative estimate of drug-likeness (QED) is 0.487. The first kappa shape index (κ1) is 19.5. The van der Waals surface area contributed by atoms with Gasteiger partial charge in [-0.1, -0.05) is 18.2 Å². The lowest BCUT2D eigenvalue weighted by molar-refractivity contribution is 0.0951. The van der Waals surface area contributed by atoms with Gasteiger partial charge in [-0.15, -0.1) is 0 Å². The van der Waals surface area contributed by atoms with Crippen LogP contribution in [0.3, 0.4) is 0 Å². The van der Waals surface area contributed by atoms with Crippen LogP contribution in [0.2, 0.25) is 0 Å². The molecular formula is C24H22N2O4. The summed E-state index contributed by atoms with van der Waals surface area (Å²) < 4.78 is 16.7. The molecule has 152 valence electrons. The zero-order valence-electron chi connectivity index (χ0n) is 16.8. The van der Waals surface area contributed by atoms with Crippen LogP contribution in [-0.4, -0.2) is 18.0 Å². The number of pyridine rings is 1. The summed E-state index contributed by atoms with van der Waals surface area (Å²) in [6, 6.07) is 16.9. The maximum absolute atomic E-state index is 12.8. The van der Waals surface area contributed by atoms with E-state index in [0.29, 0.717) is 35.8 Å². The number of aryl methyl sites for hydroxylation is 1. The zero-order valence-corrected chi connectivity index (χ0v) is 16.8. The van der Waals surface area contributed by atoms with Crippen LogP contribution in [-0.2, 0) is 13.2 Å². The molecule has 0 aliphatic rings. The van der Waals surface area contributed by atoms with E-state index in [0.717, 1.165) is 22.3 Å². The third-order valence-corrected chi connectivity index (χ3v) is 4.80. The Morgan fingerprint density at radius 2 is 1.87 bits per heavy atom. The minimum absolute atomic E-state index is 0.184. The maximum atomic E-state index is 12.8. The number of aromatic nitrogens is 1. The molecule has 4 aromatic rings. The number of furan rings is 1. The molecule has 0 atom stereocenters. The second kappa shape index (κ2) is 8.69. The van der Waals surface area contributed by atoms with Crippen LogP contribution in [0.15, 0.2) is 71.4 Å². The van der Waals surface area contributed by atoms with Gasteiger partial charge in [0, 0.05) is 29.9 Å². The van der Waals surface area contributed by atoms with Crippen molar-refractivity contribution < 1.29 is 18.7 Å². The van der Waals surface area contributed by atoms with E-state index in [1.165, 1.54) is 0 Å². The van der Waals surface area contributed by atoms with Crippen molar-refractivity contribution in [2.75, 3.05) is 7.11 Å². The monoisotopic (exact) mass is 402 g/mol. The van der Waals surface area contributed by atoms with E-state index in [1.807, 2.05) is 54.6 Å². The van der Waals surface area contributed by atoms with Crippen molar-refractivity contribution in [1.82, 2.24) is 10.3 Å². The average molecular weight is 402 g/mol. The summed E-state index contributed by atoms with van der Waals surface area (Å²) in [6.45, 7) is 2.65. The number of nitrogens with zero attached hydrogens (tertiary/aromatic N) is 1. The SMILES string of the molecule is COc1ccc2oc(C)c(C(=O)NCc3ccc(OCc4cccnc4)cc3)c2c1. The molecule has 0 spiro atoms. The molecule has 30 heavy (non-hydrogen) atoms. The lowest BCUT2D eigenvalue weighted by atomic mass is 10.1. The molecule has 0 aliphatic heterocycles. The minimum atomic E-state index is -0.184. The summed E-state index contributed by atoms with van der Waals surface area (Å²) in [5, 5.41) is 3.70. The molecule has 6 nitrogen and oxygen atoms in total. The number of methoxy groups -OCH3 is 1. The van der Waals surface area contributed by atoms with E-state index in [9.17, 15) is 4.79 Å². The molecule has 4 rings (SSSR count). The van der Waals surface area contributed by atoms with Gasteiger partial charge in [-0.3, -0.25) is 9.78 Å². The molecule has 2 heterocycles. The number of benzene rings is 2. The van der Waals surface area contributed by atoms with Gasteiger partial charge in [-0.25, -0.2) is 0 Å². The second-order valence-corrected chi connectivity index (χ2v) is 6.87. The van der Waals surface area contributed by atoms with E-state index in [4.69, 9.17) is 13.9 Å². The van der Waals surface area contributed by atoms with Gasteiger partial charge < -0.3 is 19.2 Å². The molecule has 0 aliphatic carbocycles. The fraction of sp³-hybridized carbons (Fsp3) is 0.167. The van der Waals surface area contributed by atoms with E-state index >= 15 is 0 Å². The van der Waals surface area contributed by atoms with Crippen molar-refractivity contribution in [3.63, 3.8) is 0 Å². The van der Waals surface area contributed by atoms with Gasteiger partial charge in [-0.2, -0.15) is 0 Å². The highest BCUT2D eigenvalue weighted by atomic mass is 16.5. The Morgan fingerprint density at radius 3 is 2.60 bits per heavy atom. The number of hydrogen-bond donors (Lipinski definition) is 1. The Labute approximate surface area is 174 Å². The molecule has 0 saturated heterocycles. The molecule has 0 bridgehead atoms. The van der Waals surface area contributed by atoms with E-state index in [1.54, 1.807) is 26.4 Å². The number of carbonyl (C=O) groups excluding carboxylic acids is 1. The topological polar surface area (TPSA) is 73.6 Å². The fourth-order valence-electron chi connectivity index (χ4n) is 3.23. The normalized spacial score (nSPS) is 10.7. The number of ether oxygens (including phenoxy) is 2. The van der Waals surface area contributed by atoms with Gasteiger partial charge in [0.05, 0.1) is 12.7 Å². The van der Waals surface area contributed by atoms with Gasteiger partial charge in [-0.05, 0) is 48.9 Å². The van der Waals surface area contributed by atoms with Crippen molar-refractivity contribution >= 4 is 16.9 Å². The van der Waals surface area contributed by atoms with Crippen LogP contribution >= 0.6 is 0 Å². The predicted octanol–water partition coefficient (Wildman–Crippen LogP) is 4.65. The molecule has 1 amide bonds. The summed E-state index contributed by atoms with van der Waals surface area (Å²) in [4.78, 5) is 16.9. The van der Waals surface area contributed by atoms with Crippen LogP contribution in [0.1, 0.15) is 27.2 Å². The van der Waals surface area contributed by atoms with E-state index in [2.05, 4.69) is 10.3 Å². The van der Waals surface area contributed by atoms with E-state index in [-0.39, 0.29) is 5.91 Å². The van der Waals surface area contributed by atoms with Crippen molar-refractivity contribution in [1.29, 1.82) is 0 Å². The molecule has 0 unspecified atom stereocenters. The lowest BCUT2D eigenvalue weighted by Gasteiger charge is -2.08. The van der Waals surface area contributed by atoms with Gasteiger partial charge in [0.15, 0.2) is 0 Å². The minimum Gasteiger partial charge on any atom is -0.497 e. The zero-order chi connectivity index (χ0) is 20.9. The van der Waals surface area contributed by atoms with Gasteiger partial charge in [0.1, 0.15) is 29.4 Å². The number of amides is 1. The summed E-state index contributed by atoms with van der Waals surface area (Å²) in [7, 11) is 1.60. The van der Waals surface area contributed by atoms with Crippen LogP contribution < -0.4 is 14.8 Å². The number of carbonyl (C=O) groups is 1. The van der Waals surface area contributed by atoms with Crippen LogP contribution in [0.25, 0.3) is 11.0 Å². The standard InChI is InChI=1S/C24H22N2O4/c1-16-23(21-12-20(28-2)9-10-22(21)30-16)24(27)26-14-17-5-7-19(8-6-17)29-15-18-4-3-11-25-13-18/h3-13H,14-15H2,1-2H3,(H,26,27). The number of nitrogens with one attached hydrogen (secondary N) is 1. The smallest absolute Gasteiger partial charge is 0.255 e. The first-order chi connectivity index (χ1) is 14.6. The third-order valence-electron chi connectivity index (χ3n) is 4.80. The maximum Gasteiger partial charge on any atom is 0.255 e. The fourth-order valence-corrected chi connectivity index (χ4v) is 3.23. The second-order valence-electron chi connectivity index (χ2n) is 6.87. The third kappa shape index (κ3) is 4.27. The molecule has 2 aromatic carbocycles. The Hall–Kier alpha value is -3.80. The van der Waals surface area contributed by atoms with Crippen molar-refractivity contribution in [3.8, 4) is 11.5 Å². The Bertz CT molecular complexity index is 1150. The molecule has 1 N–H and O–H groups in total. The van der Waals surface area contributed by atoms with Crippen LogP contribution in [0, 0.1) is 6.92 Å². The first-order valence-corrected chi connectivity index (χ1v) is 9.60. The van der Waals surface area contributed by atoms with Crippen molar-refractivity contribution in [2.45, 2.75) is 20.1 Å². The van der Waals surface area contributed by atoms with Crippen LogP contribution in [0.5, 0.6) is 11.5 Å². The van der Waals surface area contributed by atoms with Crippen LogP contribution in [0.4, 0.5) is 0 Å². The lowest BCUT2D eigenvalue weighted by Crippen LogP contribution is -2.23. The largest absolute Gasteiger partial charge is 0.497 e. The van der Waals surface area contributed by atoms with Crippen molar-refractivity contribution in [2.24, 2.45) is 0 Å². The number of rotatable bonds is 7. The predicted molar refractivity (Wildman–Crippen MR) is 114 cm³/mol. The highest BCUT2D eigenvalue weighted by Gasteiger charge is 2.18. The molecule has 6 heteroatoms. The molecular weight excluding hydrogens is 380 g/mol. The molecule has 0 fully saturated rings. The highest BCUT2D eigenvalue weighted by Crippen LogP contribution is 2.29. The Morgan fingerprint density at radius 1 is 1.07 bits per heavy atom. The van der Waals surface area contributed by atoms with E-state index < -0.39 is 0 Å². The van der Waals surface area contributed by atoms with Gasteiger partial charge in [0.2, 0.25) is 0 Å². The Kier molecular flexibility index (Phi) is 5.66. The highest BCUT2D eigenvalue weighted by molar-refractivity contribution is 6.07. The summed E-state index contributed by atoms with van der Waals surface area (Å²) in [5.41, 5.74) is 3.17. The number of fused-ring (bicyclic) bond motifs is 1. The van der Waals surface area contributed by atoms with Crippen molar-refractivity contribution in [3.05, 3.63) is 89.4 Å². The summed E-state index contributed by atoms with van der Waals surface area (Å²) in [6.07, 6.45) is 3.51. The number of hydrogen-bond acceptors (Lipinski definition) is 5. The molecule has 0 radical (unpaired) electrons. The Balaban J connectivity index is 1.39.